The Morgan fingerprint density at radius 3 is 1.84 bits per heavy atom. The molecule has 56 heavy (non-hydrogen) atoms. The van der Waals surface area contributed by atoms with Crippen molar-refractivity contribution in [3.63, 3.8) is 0 Å². The molecule has 12 heteroatoms. The minimum Gasteiger partial charge on any atom is -0.467 e. The number of ether oxygens (including phenoxy) is 3. The smallest absolute Gasteiger partial charge is 0.328 e. The van der Waals surface area contributed by atoms with Gasteiger partial charge in [-0.15, -0.1) is 0 Å². The number of esters is 3. The van der Waals surface area contributed by atoms with E-state index in [1.807, 2.05) is 19.4 Å². The lowest BCUT2D eigenvalue weighted by atomic mass is 9.32. The fraction of sp³-hybridized carbons (Fsp3) is 0.841. The first-order chi connectivity index (χ1) is 26.4. The average molecular weight is 819 g/mol. The van der Waals surface area contributed by atoms with Crippen molar-refractivity contribution < 1.29 is 38.2 Å². The lowest BCUT2D eigenvalue weighted by Gasteiger charge is -2.72. The summed E-state index contributed by atoms with van der Waals surface area (Å²) in [7, 11) is 2.73. The maximum absolute atomic E-state index is 14.8. The molecule has 0 aliphatic heterocycles. The number of methoxy groups -OCH3 is 2. The van der Waals surface area contributed by atoms with Crippen molar-refractivity contribution in [1.29, 1.82) is 0 Å². The van der Waals surface area contributed by atoms with E-state index in [1.165, 1.54) is 21.1 Å². The monoisotopic (exact) mass is 818 g/mol. The van der Waals surface area contributed by atoms with Crippen LogP contribution in [0, 0.1) is 56.7 Å². The second-order valence-corrected chi connectivity index (χ2v) is 20.9. The summed E-state index contributed by atoms with van der Waals surface area (Å²) in [6, 6.07) is -1.45. The van der Waals surface area contributed by atoms with Gasteiger partial charge in [-0.25, -0.2) is 9.59 Å². The molecule has 5 aliphatic rings. The molecule has 5 aliphatic carbocycles. The third kappa shape index (κ3) is 7.35. The van der Waals surface area contributed by atoms with Crippen LogP contribution in [-0.2, 0) is 38.2 Å². The molecule has 13 atom stereocenters. The minimum atomic E-state index is -1.05. The highest BCUT2D eigenvalue weighted by atomic mass is 32.2. The Morgan fingerprint density at radius 1 is 0.714 bits per heavy atom. The Morgan fingerprint density at radius 2 is 1.30 bits per heavy atom. The highest BCUT2D eigenvalue weighted by Gasteiger charge is 2.73. The SMILES string of the molecule is C=C(C)[C@@H]1CC[C@]2(C(=O)N[C@@H](CCSC)C(=O)OC)CC[C@]3(C)[C@H](CC[C@@H]4[C@@]5(C)CC[C@@H](OC(C)=O)[C@@](C)(C(=O)N[C@@H](CCSC)C(=O)OC)[C@@H]5CC[C@]43C)[C@@H]12. The summed E-state index contributed by atoms with van der Waals surface area (Å²) in [5, 5.41) is 6.32. The lowest BCUT2D eigenvalue weighted by Crippen LogP contribution is -2.69. The number of amides is 2. The molecule has 0 radical (unpaired) electrons. The molecule has 5 rings (SSSR count). The van der Waals surface area contributed by atoms with E-state index >= 15 is 0 Å². The third-order valence-electron chi connectivity index (χ3n) is 16.7. The predicted octanol–water partition coefficient (Wildman–Crippen LogP) is 7.38. The van der Waals surface area contributed by atoms with Gasteiger partial charge in [0.2, 0.25) is 11.8 Å². The summed E-state index contributed by atoms with van der Waals surface area (Å²) in [5.41, 5.74) is -0.865. The molecule has 0 bridgehead atoms. The zero-order valence-corrected chi connectivity index (χ0v) is 37.4. The number of fused-ring (bicyclic) bond motifs is 7. The van der Waals surface area contributed by atoms with E-state index in [2.05, 4.69) is 44.9 Å². The first kappa shape index (κ1) is 44.9. The van der Waals surface area contributed by atoms with Crippen LogP contribution in [0.2, 0.25) is 0 Å². The molecular formula is C44H70N2O8S2. The van der Waals surface area contributed by atoms with Crippen molar-refractivity contribution in [2.75, 3.05) is 38.2 Å². The van der Waals surface area contributed by atoms with Gasteiger partial charge in [0.25, 0.3) is 0 Å². The number of carbonyl (C=O) groups excluding carboxylic acids is 5. The van der Waals surface area contributed by atoms with E-state index < -0.39 is 46.9 Å². The number of thioether (sulfide) groups is 2. The Balaban J connectivity index is 1.50. The van der Waals surface area contributed by atoms with Crippen LogP contribution in [0.4, 0.5) is 0 Å². The summed E-state index contributed by atoms with van der Waals surface area (Å²) < 4.78 is 16.3. The summed E-state index contributed by atoms with van der Waals surface area (Å²) in [6.07, 6.45) is 12.8. The molecular weight excluding hydrogens is 749 g/mol. The van der Waals surface area contributed by atoms with E-state index in [0.717, 1.165) is 69.1 Å². The molecule has 0 aromatic carbocycles. The van der Waals surface area contributed by atoms with Crippen molar-refractivity contribution >= 4 is 53.2 Å². The Labute approximate surface area is 344 Å². The summed E-state index contributed by atoms with van der Waals surface area (Å²) >= 11 is 3.26. The molecule has 0 heterocycles. The molecule has 2 amide bonds. The maximum Gasteiger partial charge on any atom is 0.328 e. The minimum absolute atomic E-state index is 0.00103. The average Bonchev–Trinajstić information content (AvgIpc) is 3.57. The summed E-state index contributed by atoms with van der Waals surface area (Å²) in [4.78, 5) is 67.8. The van der Waals surface area contributed by atoms with Gasteiger partial charge >= 0.3 is 17.9 Å². The van der Waals surface area contributed by atoms with Crippen molar-refractivity contribution in [1.82, 2.24) is 10.6 Å². The van der Waals surface area contributed by atoms with E-state index in [9.17, 15) is 24.0 Å². The standard InChI is InChI=1S/C44H70N2O8S2/c1-26(2)28-14-21-44(39(51)46-31(18-25-56-11)37(49)53-9)23-22-41(5)29(35(28)44)12-13-32-40(4)19-16-34(54-27(3)47)43(7,33(40)15-20-42(32,41)6)38(50)45-30(17-24-55-10)36(48)52-8/h28-35H,1,12-25H2,2-11H3,(H,45,50)(H,46,51)/t28-,29+,30-,31-,32+,33+,34+,35+,40+,41+,42+,43-,44-/m0/s1. The Hall–Kier alpha value is -2.21. The second-order valence-electron chi connectivity index (χ2n) is 18.9. The molecule has 5 saturated carbocycles. The number of rotatable bonds is 14. The molecule has 2 N–H and O–H groups in total. The van der Waals surface area contributed by atoms with Crippen molar-refractivity contribution in [2.24, 2.45) is 56.7 Å². The van der Waals surface area contributed by atoms with E-state index in [1.54, 1.807) is 23.5 Å². The fourth-order valence-corrected chi connectivity index (χ4v) is 14.7. The van der Waals surface area contributed by atoms with E-state index in [-0.39, 0.29) is 45.8 Å². The number of allylic oxidation sites excluding steroid dienone is 1. The number of hydrogen-bond donors (Lipinski definition) is 2. The van der Waals surface area contributed by atoms with Gasteiger partial charge in [-0.3, -0.25) is 14.4 Å². The molecule has 316 valence electrons. The number of nitrogens with one attached hydrogen (secondary N) is 2. The van der Waals surface area contributed by atoms with Crippen LogP contribution < -0.4 is 10.6 Å². The van der Waals surface area contributed by atoms with Gasteiger partial charge < -0.3 is 24.8 Å². The lowest BCUT2D eigenvalue weighted by molar-refractivity contribution is -0.249. The highest BCUT2D eigenvalue weighted by molar-refractivity contribution is 7.98. The topological polar surface area (TPSA) is 137 Å². The van der Waals surface area contributed by atoms with Gasteiger partial charge in [-0.1, -0.05) is 32.9 Å². The molecule has 0 aromatic rings. The van der Waals surface area contributed by atoms with Crippen molar-refractivity contribution in [2.45, 2.75) is 137 Å². The zero-order valence-electron chi connectivity index (χ0n) is 35.8. The number of hydrogen-bond acceptors (Lipinski definition) is 10. The van der Waals surface area contributed by atoms with Crippen LogP contribution in [0.3, 0.4) is 0 Å². The van der Waals surface area contributed by atoms with Crippen molar-refractivity contribution in [3.8, 4) is 0 Å². The van der Waals surface area contributed by atoms with Crippen LogP contribution in [0.25, 0.3) is 0 Å². The third-order valence-corrected chi connectivity index (χ3v) is 18.0. The molecule has 0 spiro atoms. The molecule has 0 saturated heterocycles. The van der Waals surface area contributed by atoms with Crippen LogP contribution >= 0.6 is 23.5 Å². The van der Waals surface area contributed by atoms with Crippen molar-refractivity contribution in [3.05, 3.63) is 12.2 Å². The molecule has 0 unspecified atom stereocenters. The quantitative estimate of drug-likeness (QED) is 0.104. The largest absolute Gasteiger partial charge is 0.467 e. The van der Waals surface area contributed by atoms with E-state index in [4.69, 9.17) is 14.2 Å². The van der Waals surface area contributed by atoms with Crippen LogP contribution in [0.1, 0.15) is 119 Å². The fourth-order valence-electron chi connectivity index (χ4n) is 13.8. The van der Waals surface area contributed by atoms with Crippen LogP contribution in [-0.4, -0.2) is 86.1 Å². The van der Waals surface area contributed by atoms with Gasteiger partial charge in [-0.05, 0) is 161 Å². The van der Waals surface area contributed by atoms with Crippen LogP contribution in [0.15, 0.2) is 12.2 Å². The Kier molecular flexibility index (Phi) is 13.8. The van der Waals surface area contributed by atoms with Gasteiger partial charge in [0.05, 0.1) is 25.0 Å². The molecule has 10 nitrogen and oxygen atoms in total. The Bertz CT molecular complexity index is 1540. The summed E-state index contributed by atoms with van der Waals surface area (Å²) in [5.74, 6) is 0.781. The van der Waals surface area contributed by atoms with Gasteiger partial charge in [-0.2, -0.15) is 23.5 Å². The molecule has 5 fully saturated rings. The van der Waals surface area contributed by atoms with Gasteiger partial charge in [0.15, 0.2) is 0 Å². The van der Waals surface area contributed by atoms with E-state index in [0.29, 0.717) is 36.9 Å². The number of carbonyl (C=O) groups is 5. The van der Waals surface area contributed by atoms with Gasteiger partial charge in [0, 0.05) is 6.92 Å². The summed E-state index contributed by atoms with van der Waals surface area (Å²) in [6.45, 7) is 17.4. The first-order valence-corrected chi connectivity index (χ1v) is 23.7. The maximum atomic E-state index is 14.8. The van der Waals surface area contributed by atoms with Gasteiger partial charge in [0.1, 0.15) is 18.2 Å². The zero-order chi connectivity index (χ0) is 41.4. The van der Waals surface area contributed by atoms with Crippen LogP contribution in [0.5, 0.6) is 0 Å². The molecule has 0 aromatic heterocycles. The predicted molar refractivity (Wildman–Crippen MR) is 223 cm³/mol. The highest BCUT2D eigenvalue weighted by Crippen LogP contribution is 2.77. The normalized spacial score (nSPS) is 39.6. The second kappa shape index (κ2) is 17.2. The first-order valence-electron chi connectivity index (χ1n) is 20.9.